The van der Waals surface area contributed by atoms with E-state index in [9.17, 15) is 0 Å². The first-order chi connectivity index (χ1) is 12.7. The minimum Gasteiger partial charge on any atom is -0.369 e. The monoisotopic (exact) mass is 363 g/mol. The third kappa shape index (κ3) is 2.75. The van der Waals surface area contributed by atoms with E-state index >= 15 is 0 Å². The summed E-state index contributed by atoms with van der Waals surface area (Å²) in [6.45, 7) is 4.85. The number of fused-ring (bicyclic) bond motifs is 2. The Morgan fingerprint density at radius 3 is 3.04 bits per heavy atom. The molecule has 1 unspecified atom stereocenters. The number of hydrogen-bond acceptors (Lipinski definition) is 6. The van der Waals surface area contributed by atoms with E-state index in [0.29, 0.717) is 0 Å². The summed E-state index contributed by atoms with van der Waals surface area (Å²) < 4.78 is 1.22. The molecule has 0 bridgehead atoms. The lowest BCUT2D eigenvalue weighted by Gasteiger charge is -2.30. The van der Waals surface area contributed by atoms with Crippen molar-refractivity contribution >= 4 is 33.1 Å². The van der Waals surface area contributed by atoms with Crippen LogP contribution in [0, 0.1) is 6.92 Å². The first-order valence-corrected chi connectivity index (χ1v) is 9.81. The Bertz CT molecular complexity index is 997. The molecule has 1 fully saturated rings. The van der Waals surface area contributed by atoms with Crippen LogP contribution < -0.4 is 5.73 Å². The molecule has 1 aromatic heterocycles. The Labute approximate surface area is 156 Å². The average Bonchev–Trinajstić information content (AvgIpc) is 3.24. The van der Waals surface area contributed by atoms with Crippen molar-refractivity contribution in [1.82, 2.24) is 14.8 Å². The highest BCUT2D eigenvalue weighted by Crippen LogP contribution is 2.29. The van der Waals surface area contributed by atoms with Gasteiger partial charge in [0, 0.05) is 37.4 Å². The maximum Gasteiger partial charge on any atom is 0.133 e. The molecule has 5 rings (SSSR count). The molecule has 1 saturated heterocycles. The van der Waals surface area contributed by atoms with Crippen molar-refractivity contribution in [3.8, 4) is 0 Å². The Hall–Kier alpha value is -2.44. The highest BCUT2D eigenvalue weighted by atomic mass is 32.1. The number of aromatic nitrogens is 1. The number of nitrogens with two attached hydrogens (primary N) is 1. The van der Waals surface area contributed by atoms with E-state index in [0.717, 1.165) is 53.7 Å². The van der Waals surface area contributed by atoms with Crippen molar-refractivity contribution in [2.45, 2.75) is 19.4 Å². The van der Waals surface area contributed by atoms with Crippen molar-refractivity contribution in [2.24, 2.45) is 10.7 Å². The van der Waals surface area contributed by atoms with Crippen LogP contribution in [-0.2, 0) is 0 Å². The second-order valence-electron chi connectivity index (χ2n) is 7.01. The van der Waals surface area contributed by atoms with Crippen molar-refractivity contribution < 1.29 is 0 Å². The molecule has 0 spiro atoms. The van der Waals surface area contributed by atoms with Crippen LogP contribution in [0.4, 0.5) is 0 Å². The van der Waals surface area contributed by atoms with Crippen LogP contribution in [-0.4, -0.2) is 46.3 Å². The van der Waals surface area contributed by atoms with Gasteiger partial charge in [-0.05, 0) is 43.7 Å². The predicted octanol–water partition coefficient (Wildman–Crippen LogP) is 3.10. The average molecular weight is 363 g/mol. The molecule has 2 N–H and O–H groups in total. The summed E-state index contributed by atoms with van der Waals surface area (Å²) in [5.41, 5.74) is 10.5. The van der Waals surface area contributed by atoms with Crippen molar-refractivity contribution in [3.63, 3.8) is 0 Å². The minimum atomic E-state index is 0.289. The van der Waals surface area contributed by atoms with Crippen molar-refractivity contribution in [2.75, 3.05) is 19.6 Å². The van der Waals surface area contributed by atoms with Gasteiger partial charge in [0.25, 0.3) is 0 Å². The molecular formula is C20H21N5S. The molecule has 2 aromatic rings. The molecule has 5 nitrogen and oxygen atoms in total. The van der Waals surface area contributed by atoms with Gasteiger partial charge in [0.2, 0.25) is 0 Å². The van der Waals surface area contributed by atoms with Crippen LogP contribution in [0.2, 0.25) is 0 Å². The van der Waals surface area contributed by atoms with Gasteiger partial charge in [0.15, 0.2) is 0 Å². The molecule has 26 heavy (non-hydrogen) atoms. The number of thiazole rings is 1. The normalized spacial score (nSPS) is 22.4. The lowest BCUT2D eigenvalue weighted by Crippen LogP contribution is -2.33. The fourth-order valence-corrected chi connectivity index (χ4v) is 4.58. The van der Waals surface area contributed by atoms with Crippen molar-refractivity contribution in [1.29, 1.82) is 0 Å². The van der Waals surface area contributed by atoms with Gasteiger partial charge in [-0.25, -0.2) is 9.98 Å². The number of aliphatic imine (C=N–C) groups is 1. The summed E-state index contributed by atoms with van der Waals surface area (Å²) >= 11 is 1.73. The van der Waals surface area contributed by atoms with Gasteiger partial charge >= 0.3 is 0 Å². The summed E-state index contributed by atoms with van der Waals surface area (Å²) in [7, 11) is 0. The van der Waals surface area contributed by atoms with Crippen LogP contribution in [0.5, 0.6) is 0 Å². The third-order valence-corrected chi connectivity index (χ3v) is 6.02. The lowest BCUT2D eigenvalue weighted by atomic mass is 10.1. The maximum absolute atomic E-state index is 6.04. The second-order valence-corrected chi connectivity index (χ2v) is 8.24. The highest BCUT2D eigenvalue weighted by Gasteiger charge is 2.24. The summed E-state index contributed by atoms with van der Waals surface area (Å²) in [6.07, 6.45) is 9.73. The summed E-state index contributed by atoms with van der Waals surface area (Å²) in [5, 5.41) is 1.10. The summed E-state index contributed by atoms with van der Waals surface area (Å²) in [6, 6.07) is 6.70. The van der Waals surface area contributed by atoms with E-state index in [-0.39, 0.29) is 6.04 Å². The standard InChI is InChI=1S/C20H21N5S/c1-13-22-18-4-2-14(10-19(18)26-13)17-7-9-25-12-16(3-5-20(25)23-17)24-8-6-15(21)11-24/h2-5,7,10,12,15H,6,8-9,11,21H2,1H3. The molecule has 6 heteroatoms. The zero-order chi connectivity index (χ0) is 17.7. The van der Waals surface area contributed by atoms with Crippen LogP contribution in [0.3, 0.4) is 0 Å². The zero-order valence-corrected chi connectivity index (χ0v) is 15.5. The number of allylic oxidation sites excluding steroid dienone is 1. The molecule has 132 valence electrons. The van der Waals surface area contributed by atoms with Gasteiger partial charge in [-0.2, -0.15) is 0 Å². The number of likely N-dealkylation sites (tertiary alicyclic amines) is 1. The van der Waals surface area contributed by atoms with Gasteiger partial charge < -0.3 is 15.5 Å². The second kappa shape index (κ2) is 6.07. The predicted molar refractivity (Wildman–Crippen MR) is 108 cm³/mol. The van der Waals surface area contributed by atoms with Gasteiger partial charge in [-0.1, -0.05) is 6.07 Å². The number of benzene rings is 1. The first-order valence-electron chi connectivity index (χ1n) is 8.99. The van der Waals surface area contributed by atoms with Gasteiger partial charge in [-0.3, -0.25) is 0 Å². The molecule has 1 atom stereocenters. The Morgan fingerprint density at radius 2 is 2.19 bits per heavy atom. The molecule has 0 radical (unpaired) electrons. The topological polar surface area (TPSA) is 57.8 Å². The molecule has 1 aromatic carbocycles. The molecule has 3 aliphatic heterocycles. The zero-order valence-electron chi connectivity index (χ0n) is 14.7. The SMILES string of the molecule is Cc1nc2ccc(C3=CCN4C=C(N5CCC(N)C5)C=CC4=N3)cc2s1. The number of hydrogen-bond donors (Lipinski definition) is 1. The minimum absolute atomic E-state index is 0.289. The summed E-state index contributed by atoms with van der Waals surface area (Å²) in [5.74, 6) is 0.996. The van der Waals surface area contributed by atoms with E-state index in [4.69, 9.17) is 10.7 Å². The third-order valence-electron chi connectivity index (χ3n) is 5.08. The molecule has 0 amide bonds. The highest BCUT2D eigenvalue weighted by molar-refractivity contribution is 7.18. The molecule has 3 aliphatic rings. The number of nitrogens with zero attached hydrogens (tertiary/aromatic N) is 4. The number of rotatable bonds is 2. The number of aryl methyl sites for hydroxylation is 1. The van der Waals surface area contributed by atoms with Crippen LogP contribution in [0.25, 0.3) is 15.9 Å². The summed E-state index contributed by atoms with van der Waals surface area (Å²) in [4.78, 5) is 14.0. The molecule has 4 heterocycles. The van der Waals surface area contributed by atoms with Crippen LogP contribution in [0.1, 0.15) is 17.0 Å². The van der Waals surface area contributed by atoms with E-state index in [1.54, 1.807) is 11.3 Å². The van der Waals surface area contributed by atoms with Gasteiger partial charge in [0.1, 0.15) is 5.84 Å². The van der Waals surface area contributed by atoms with Crippen molar-refractivity contribution in [3.05, 3.63) is 58.9 Å². The van der Waals surface area contributed by atoms with E-state index in [1.807, 2.05) is 6.92 Å². The van der Waals surface area contributed by atoms with E-state index in [1.165, 1.54) is 10.4 Å². The smallest absolute Gasteiger partial charge is 0.133 e. The maximum atomic E-state index is 6.04. The molecule has 0 aliphatic carbocycles. The molecular weight excluding hydrogens is 342 g/mol. The van der Waals surface area contributed by atoms with E-state index in [2.05, 4.69) is 57.4 Å². The quantitative estimate of drug-likeness (QED) is 0.891. The Balaban J connectivity index is 1.40. The van der Waals surface area contributed by atoms with Gasteiger partial charge in [-0.15, -0.1) is 11.3 Å². The lowest BCUT2D eigenvalue weighted by molar-refractivity contribution is 0.419. The first kappa shape index (κ1) is 15.8. The van der Waals surface area contributed by atoms with Gasteiger partial charge in [0.05, 0.1) is 26.6 Å². The van der Waals surface area contributed by atoms with Crippen LogP contribution >= 0.6 is 11.3 Å². The largest absolute Gasteiger partial charge is 0.369 e. The Kier molecular flexibility index (Phi) is 3.69. The Morgan fingerprint density at radius 1 is 1.27 bits per heavy atom. The number of amidine groups is 1. The molecule has 0 saturated carbocycles. The fraction of sp³-hybridized carbons (Fsp3) is 0.300. The van der Waals surface area contributed by atoms with Crippen LogP contribution in [0.15, 0.2) is 53.3 Å². The fourth-order valence-electron chi connectivity index (χ4n) is 3.72. The van der Waals surface area contributed by atoms with E-state index < -0.39 is 0 Å².